The summed E-state index contributed by atoms with van der Waals surface area (Å²) in [6, 6.07) is -0.173. The van der Waals surface area contributed by atoms with E-state index in [1.54, 1.807) is 0 Å². The van der Waals surface area contributed by atoms with Crippen molar-refractivity contribution >= 4 is 0 Å². The summed E-state index contributed by atoms with van der Waals surface area (Å²) in [6.45, 7) is 5.38. The van der Waals surface area contributed by atoms with Crippen LogP contribution < -0.4 is 11.2 Å². The lowest BCUT2D eigenvalue weighted by Crippen LogP contribution is -2.64. The van der Waals surface area contributed by atoms with Crippen LogP contribution in [-0.2, 0) is 0 Å². The monoisotopic (exact) mass is 173 g/mol. The molecule has 0 radical (unpaired) electrons. The van der Waals surface area contributed by atoms with Crippen molar-refractivity contribution in [3.63, 3.8) is 0 Å². The molecule has 0 amide bonds. The van der Waals surface area contributed by atoms with Crippen LogP contribution in [0.1, 0.15) is 13.8 Å². The molecule has 0 aromatic rings. The third kappa shape index (κ3) is 1.61. The first-order chi connectivity index (χ1) is 5.48. The molecule has 72 valence electrons. The lowest BCUT2D eigenvalue weighted by Gasteiger charge is -2.45. The van der Waals surface area contributed by atoms with Crippen molar-refractivity contribution in [3.8, 4) is 0 Å². The molecule has 3 atom stereocenters. The lowest BCUT2D eigenvalue weighted by molar-refractivity contribution is -0.0764. The van der Waals surface area contributed by atoms with Crippen LogP contribution in [0.3, 0.4) is 0 Å². The van der Waals surface area contributed by atoms with Crippen molar-refractivity contribution in [1.82, 2.24) is 10.4 Å². The predicted octanol–water partition coefficient (Wildman–Crippen LogP) is -0.849. The summed E-state index contributed by atoms with van der Waals surface area (Å²) < 4.78 is 0. The smallest absolute Gasteiger partial charge is 0.0821 e. The first kappa shape index (κ1) is 9.92. The van der Waals surface area contributed by atoms with E-state index in [4.69, 9.17) is 5.73 Å². The Kier molecular flexibility index (Phi) is 2.73. The molecule has 0 aliphatic carbocycles. The van der Waals surface area contributed by atoms with E-state index in [1.807, 2.05) is 25.9 Å². The van der Waals surface area contributed by atoms with E-state index in [0.29, 0.717) is 6.54 Å². The lowest BCUT2D eigenvalue weighted by atomic mass is 9.81. The van der Waals surface area contributed by atoms with Crippen LogP contribution in [0.5, 0.6) is 0 Å². The Balaban J connectivity index is 2.64. The van der Waals surface area contributed by atoms with Gasteiger partial charge in [0.1, 0.15) is 0 Å². The van der Waals surface area contributed by atoms with E-state index in [1.165, 1.54) is 0 Å². The van der Waals surface area contributed by atoms with Gasteiger partial charge in [-0.05, 0) is 14.0 Å². The first-order valence-corrected chi connectivity index (χ1v) is 4.38. The molecule has 4 heteroatoms. The van der Waals surface area contributed by atoms with Gasteiger partial charge >= 0.3 is 0 Å². The van der Waals surface area contributed by atoms with Gasteiger partial charge in [0.15, 0.2) is 0 Å². The van der Waals surface area contributed by atoms with E-state index in [0.717, 1.165) is 6.54 Å². The summed E-state index contributed by atoms with van der Waals surface area (Å²) in [6.07, 6.45) is 0. The average molecular weight is 173 g/mol. The quantitative estimate of drug-likeness (QED) is 0.483. The van der Waals surface area contributed by atoms with Crippen molar-refractivity contribution < 1.29 is 5.11 Å². The number of aliphatic hydroxyl groups is 1. The number of piperidine rings is 1. The number of hydrogen-bond acceptors (Lipinski definition) is 4. The minimum atomic E-state index is -0.729. The van der Waals surface area contributed by atoms with Crippen LogP contribution in [-0.4, -0.2) is 41.9 Å². The summed E-state index contributed by atoms with van der Waals surface area (Å²) in [7, 11) is 1.87. The molecule has 0 spiro atoms. The molecular formula is C8H19N3O. The molecule has 1 fully saturated rings. The molecule has 0 aromatic carbocycles. The van der Waals surface area contributed by atoms with Gasteiger partial charge in [0.25, 0.3) is 0 Å². The van der Waals surface area contributed by atoms with Crippen LogP contribution >= 0.6 is 0 Å². The molecule has 0 bridgehead atoms. The number of nitrogens with two attached hydrogens (primary N) is 1. The Hall–Kier alpha value is -0.160. The zero-order valence-electron chi connectivity index (χ0n) is 8.04. The van der Waals surface area contributed by atoms with Crippen LogP contribution in [0.15, 0.2) is 0 Å². The fourth-order valence-corrected chi connectivity index (χ4v) is 1.56. The number of rotatable bonds is 1. The molecule has 0 aromatic heterocycles. The summed E-state index contributed by atoms with van der Waals surface area (Å²) in [4.78, 5) is 0. The maximum absolute atomic E-state index is 9.95. The molecule has 12 heavy (non-hydrogen) atoms. The van der Waals surface area contributed by atoms with E-state index in [-0.39, 0.29) is 12.0 Å². The summed E-state index contributed by atoms with van der Waals surface area (Å²) in [5.41, 5.74) is 8.15. The van der Waals surface area contributed by atoms with Crippen LogP contribution in [0, 0.1) is 5.92 Å². The largest absolute Gasteiger partial charge is 0.388 e. The molecule has 1 rings (SSSR count). The first-order valence-electron chi connectivity index (χ1n) is 4.38. The molecule has 1 saturated heterocycles. The number of hydrazine groups is 1. The fourth-order valence-electron chi connectivity index (χ4n) is 1.56. The van der Waals surface area contributed by atoms with Gasteiger partial charge in [-0.2, -0.15) is 0 Å². The highest BCUT2D eigenvalue weighted by Gasteiger charge is 2.40. The van der Waals surface area contributed by atoms with Gasteiger partial charge in [-0.3, -0.25) is 5.43 Å². The summed E-state index contributed by atoms with van der Waals surface area (Å²) in [5.74, 6) is 0.202. The number of nitrogens with one attached hydrogen (secondary N) is 1. The van der Waals surface area contributed by atoms with Gasteiger partial charge in [0.2, 0.25) is 0 Å². The van der Waals surface area contributed by atoms with Crippen molar-refractivity contribution in [2.75, 3.05) is 20.1 Å². The Morgan fingerprint density at radius 2 is 2.17 bits per heavy atom. The third-order valence-corrected chi connectivity index (χ3v) is 2.98. The zero-order chi connectivity index (χ0) is 9.35. The fraction of sp³-hybridized carbons (Fsp3) is 1.00. The molecule has 1 heterocycles. The molecule has 4 nitrogen and oxygen atoms in total. The molecular weight excluding hydrogens is 154 g/mol. The third-order valence-electron chi connectivity index (χ3n) is 2.98. The number of nitrogens with zero attached hydrogens (tertiary/aromatic N) is 1. The van der Waals surface area contributed by atoms with Crippen LogP contribution in [0.2, 0.25) is 0 Å². The van der Waals surface area contributed by atoms with E-state index < -0.39 is 5.60 Å². The Bertz CT molecular complexity index is 146. The minimum absolute atomic E-state index is 0.173. The Morgan fingerprint density at radius 3 is 2.58 bits per heavy atom. The standard InChI is InChI=1S/C8H19N3O/c1-6-4-11(10-3)5-7(9)8(6,2)12/h6-7,10,12H,4-5,9H2,1-3H3. The highest BCUT2D eigenvalue weighted by Crippen LogP contribution is 2.25. The van der Waals surface area contributed by atoms with E-state index in [9.17, 15) is 5.11 Å². The highest BCUT2D eigenvalue weighted by atomic mass is 16.3. The van der Waals surface area contributed by atoms with Crippen molar-refractivity contribution in [3.05, 3.63) is 0 Å². The molecule has 0 saturated carbocycles. The van der Waals surface area contributed by atoms with E-state index in [2.05, 4.69) is 5.43 Å². The second-order valence-corrected chi connectivity index (χ2v) is 3.86. The minimum Gasteiger partial charge on any atom is -0.388 e. The second-order valence-electron chi connectivity index (χ2n) is 3.86. The van der Waals surface area contributed by atoms with E-state index >= 15 is 0 Å². The molecule has 3 unspecified atom stereocenters. The maximum Gasteiger partial charge on any atom is 0.0821 e. The van der Waals surface area contributed by atoms with Crippen molar-refractivity contribution in [1.29, 1.82) is 0 Å². The molecule has 1 aliphatic heterocycles. The summed E-state index contributed by atoms with van der Waals surface area (Å²) >= 11 is 0. The maximum atomic E-state index is 9.95. The predicted molar refractivity (Wildman–Crippen MR) is 48.4 cm³/mol. The average Bonchev–Trinajstić information content (AvgIpc) is 2.00. The van der Waals surface area contributed by atoms with Crippen molar-refractivity contribution in [2.45, 2.75) is 25.5 Å². The molecule has 4 N–H and O–H groups in total. The second kappa shape index (κ2) is 3.30. The van der Waals surface area contributed by atoms with Gasteiger partial charge in [0, 0.05) is 25.0 Å². The van der Waals surface area contributed by atoms with Crippen LogP contribution in [0.4, 0.5) is 0 Å². The van der Waals surface area contributed by atoms with Crippen LogP contribution in [0.25, 0.3) is 0 Å². The number of hydrogen-bond donors (Lipinski definition) is 3. The van der Waals surface area contributed by atoms with Gasteiger partial charge < -0.3 is 10.8 Å². The van der Waals surface area contributed by atoms with Crippen molar-refractivity contribution in [2.24, 2.45) is 11.7 Å². The SMILES string of the molecule is CNN1CC(C)C(C)(O)C(N)C1. The van der Waals surface area contributed by atoms with Gasteiger partial charge in [-0.15, -0.1) is 0 Å². The highest BCUT2D eigenvalue weighted by molar-refractivity contribution is 4.96. The topological polar surface area (TPSA) is 61.5 Å². The molecule has 1 aliphatic rings. The van der Waals surface area contributed by atoms with Gasteiger partial charge in [0.05, 0.1) is 5.60 Å². The zero-order valence-corrected chi connectivity index (χ0v) is 8.04. The summed E-state index contributed by atoms with van der Waals surface area (Å²) in [5, 5.41) is 12.0. The van der Waals surface area contributed by atoms with Gasteiger partial charge in [-0.1, -0.05) is 6.92 Å². The Labute approximate surface area is 73.7 Å². The van der Waals surface area contributed by atoms with Gasteiger partial charge in [-0.25, -0.2) is 5.01 Å². The Morgan fingerprint density at radius 1 is 1.58 bits per heavy atom. The normalized spacial score (nSPS) is 44.8.